The number of anilines is 2. The Balaban J connectivity index is 1.91. The average Bonchev–Trinajstić information content (AvgIpc) is 2.62. The van der Waals surface area contributed by atoms with Gasteiger partial charge in [0.15, 0.2) is 0 Å². The number of ether oxygens (including phenoxy) is 1. The van der Waals surface area contributed by atoms with Crippen molar-refractivity contribution in [3.63, 3.8) is 0 Å². The molecule has 0 aliphatic carbocycles. The second kappa shape index (κ2) is 9.75. The van der Waals surface area contributed by atoms with Gasteiger partial charge < -0.3 is 15.0 Å². The molecule has 1 N–H and O–H groups in total. The Labute approximate surface area is 145 Å². The lowest BCUT2D eigenvalue weighted by Crippen LogP contribution is -2.26. The van der Waals surface area contributed by atoms with Crippen LogP contribution in [0, 0.1) is 0 Å². The summed E-state index contributed by atoms with van der Waals surface area (Å²) in [5, 5.41) is 3.39. The highest BCUT2D eigenvalue weighted by molar-refractivity contribution is 5.48. The van der Waals surface area contributed by atoms with Crippen molar-refractivity contribution >= 4 is 11.6 Å². The molecule has 0 atom stereocenters. The fourth-order valence-electron chi connectivity index (χ4n) is 2.62. The molecule has 1 heterocycles. The van der Waals surface area contributed by atoms with Gasteiger partial charge in [-0.15, -0.1) is 0 Å². The van der Waals surface area contributed by atoms with Crippen molar-refractivity contribution in [1.29, 1.82) is 0 Å². The molecule has 5 heteroatoms. The van der Waals surface area contributed by atoms with Crippen LogP contribution in [0.2, 0.25) is 0 Å². The Hall–Kier alpha value is -2.30. The number of rotatable bonds is 10. The Kier molecular flexibility index (Phi) is 7.33. The van der Waals surface area contributed by atoms with Gasteiger partial charge in [0.05, 0.1) is 7.11 Å². The molecule has 0 unspecified atom stereocenters. The lowest BCUT2D eigenvalue weighted by atomic mass is 10.1. The topological polar surface area (TPSA) is 50.3 Å². The van der Waals surface area contributed by atoms with Crippen LogP contribution >= 0.6 is 0 Å². The molecule has 0 aliphatic rings. The molecule has 5 nitrogen and oxygen atoms in total. The molecule has 1 aromatic heterocycles. The maximum atomic E-state index is 5.18. The summed E-state index contributed by atoms with van der Waals surface area (Å²) in [6.07, 6.45) is 4.81. The number of hydrogen-bond acceptors (Lipinski definition) is 5. The highest BCUT2D eigenvalue weighted by Crippen LogP contribution is 2.16. The third-order valence-electron chi connectivity index (χ3n) is 3.84. The third kappa shape index (κ3) is 5.41. The van der Waals surface area contributed by atoms with E-state index in [1.54, 1.807) is 13.4 Å². The molecule has 0 radical (unpaired) electrons. The fraction of sp³-hybridized carbons (Fsp3) is 0.474. The number of benzene rings is 1. The van der Waals surface area contributed by atoms with Crippen LogP contribution in [0.15, 0.2) is 36.7 Å². The first-order chi connectivity index (χ1) is 11.8. The molecule has 1 aromatic carbocycles. The number of aromatic nitrogens is 2. The summed E-state index contributed by atoms with van der Waals surface area (Å²) in [5.74, 6) is 2.77. The summed E-state index contributed by atoms with van der Waals surface area (Å²) < 4.78 is 5.18. The van der Waals surface area contributed by atoms with E-state index in [4.69, 9.17) is 4.74 Å². The van der Waals surface area contributed by atoms with Crippen LogP contribution in [0.3, 0.4) is 0 Å². The van der Waals surface area contributed by atoms with Crippen LogP contribution < -0.4 is 15.0 Å². The SMILES string of the molecule is CCCN(CCC)c1cc(NCCc2ccc(OC)cc2)ncn1. The Bertz CT molecular complexity index is 595. The van der Waals surface area contributed by atoms with Gasteiger partial charge in [-0.2, -0.15) is 0 Å². The molecule has 130 valence electrons. The first kappa shape index (κ1) is 18.0. The Morgan fingerprint density at radius 2 is 1.75 bits per heavy atom. The molecule has 2 aromatic rings. The predicted octanol–water partition coefficient (Wildman–Crippen LogP) is 3.77. The maximum Gasteiger partial charge on any atom is 0.134 e. The second-order valence-corrected chi connectivity index (χ2v) is 5.77. The van der Waals surface area contributed by atoms with Crippen molar-refractivity contribution in [3.8, 4) is 5.75 Å². The van der Waals surface area contributed by atoms with Crippen LogP contribution in [0.1, 0.15) is 32.3 Å². The van der Waals surface area contributed by atoms with E-state index in [0.717, 1.165) is 56.3 Å². The number of nitrogens with zero attached hydrogens (tertiary/aromatic N) is 3. The van der Waals surface area contributed by atoms with Gasteiger partial charge in [0.2, 0.25) is 0 Å². The van der Waals surface area contributed by atoms with E-state index in [0.29, 0.717) is 0 Å². The largest absolute Gasteiger partial charge is 0.497 e. The number of methoxy groups -OCH3 is 1. The van der Waals surface area contributed by atoms with Crippen molar-refractivity contribution in [2.45, 2.75) is 33.1 Å². The van der Waals surface area contributed by atoms with Crippen LogP contribution in [0.4, 0.5) is 11.6 Å². The average molecular weight is 328 g/mol. The zero-order chi connectivity index (χ0) is 17.2. The van der Waals surface area contributed by atoms with Crippen molar-refractivity contribution in [2.75, 3.05) is 37.0 Å². The third-order valence-corrected chi connectivity index (χ3v) is 3.84. The van der Waals surface area contributed by atoms with Gasteiger partial charge in [0.1, 0.15) is 23.7 Å². The van der Waals surface area contributed by atoms with Crippen LogP contribution in [0.25, 0.3) is 0 Å². The number of hydrogen-bond donors (Lipinski definition) is 1. The van der Waals surface area contributed by atoms with E-state index in [2.05, 4.69) is 46.2 Å². The Morgan fingerprint density at radius 3 is 2.38 bits per heavy atom. The highest BCUT2D eigenvalue weighted by atomic mass is 16.5. The normalized spacial score (nSPS) is 10.5. The molecule has 0 saturated carbocycles. The molecular weight excluding hydrogens is 300 g/mol. The quantitative estimate of drug-likeness (QED) is 0.719. The minimum absolute atomic E-state index is 0.838. The van der Waals surface area contributed by atoms with Gasteiger partial charge in [-0.25, -0.2) is 9.97 Å². The highest BCUT2D eigenvalue weighted by Gasteiger charge is 2.07. The van der Waals surface area contributed by atoms with Crippen LogP contribution in [-0.4, -0.2) is 36.7 Å². The van der Waals surface area contributed by atoms with Gasteiger partial charge in [0.25, 0.3) is 0 Å². The molecule has 2 rings (SSSR count). The molecule has 0 spiro atoms. The van der Waals surface area contributed by atoms with Crippen molar-refractivity contribution < 1.29 is 4.74 Å². The minimum atomic E-state index is 0.838. The molecule has 24 heavy (non-hydrogen) atoms. The van der Waals surface area contributed by atoms with Crippen LogP contribution in [0.5, 0.6) is 5.75 Å². The molecule has 0 bridgehead atoms. The van der Waals surface area contributed by atoms with Gasteiger partial charge in [-0.05, 0) is 37.0 Å². The predicted molar refractivity (Wildman–Crippen MR) is 100 cm³/mol. The summed E-state index contributed by atoms with van der Waals surface area (Å²) in [7, 11) is 1.68. The molecule has 0 fully saturated rings. The van der Waals surface area contributed by atoms with Gasteiger partial charge in [-0.3, -0.25) is 0 Å². The lowest BCUT2D eigenvalue weighted by Gasteiger charge is -2.22. The summed E-state index contributed by atoms with van der Waals surface area (Å²) >= 11 is 0. The summed E-state index contributed by atoms with van der Waals surface area (Å²) in [6, 6.07) is 10.2. The summed E-state index contributed by atoms with van der Waals surface area (Å²) in [6.45, 7) is 7.27. The summed E-state index contributed by atoms with van der Waals surface area (Å²) in [4.78, 5) is 11.1. The van der Waals surface area contributed by atoms with E-state index in [1.807, 2.05) is 18.2 Å². The molecule has 0 aliphatic heterocycles. The minimum Gasteiger partial charge on any atom is -0.497 e. The molecule has 0 amide bonds. The lowest BCUT2D eigenvalue weighted by molar-refractivity contribution is 0.414. The summed E-state index contributed by atoms with van der Waals surface area (Å²) in [5.41, 5.74) is 1.27. The van der Waals surface area contributed by atoms with Crippen molar-refractivity contribution in [1.82, 2.24) is 9.97 Å². The molecule has 0 saturated heterocycles. The zero-order valence-electron chi connectivity index (χ0n) is 15.0. The van der Waals surface area contributed by atoms with E-state index in [9.17, 15) is 0 Å². The maximum absolute atomic E-state index is 5.18. The van der Waals surface area contributed by atoms with Crippen molar-refractivity contribution in [2.24, 2.45) is 0 Å². The van der Waals surface area contributed by atoms with Gasteiger partial charge in [-0.1, -0.05) is 26.0 Å². The monoisotopic (exact) mass is 328 g/mol. The number of nitrogens with one attached hydrogen (secondary N) is 1. The van der Waals surface area contributed by atoms with E-state index in [1.165, 1.54) is 5.56 Å². The van der Waals surface area contributed by atoms with E-state index < -0.39 is 0 Å². The second-order valence-electron chi connectivity index (χ2n) is 5.77. The first-order valence-corrected chi connectivity index (χ1v) is 8.70. The standard InChI is InChI=1S/C19H28N4O/c1-4-12-23(13-5-2)19-14-18(21-15-22-19)20-11-10-16-6-8-17(24-3)9-7-16/h6-9,14-15H,4-5,10-13H2,1-3H3,(H,20,21,22). The first-order valence-electron chi connectivity index (χ1n) is 8.70. The van der Waals surface area contributed by atoms with Crippen molar-refractivity contribution in [3.05, 3.63) is 42.2 Å². The van der Waals surface area contributed by atoms with Gasteiger partial charge in [0, 0.05) is 25.7 Å². The smallest absolute Gasteiger partial charge is 0.134 e. The van der Waals surface area contributed by atoms with E-state index in [-0.39, 0.29) is 0 Å². The Morgan fingerprint density at radius 1 is 1.04 bits per heavy atom. The molecular formula is C19H28N4O. The van der Waals surface area contributed by atoms with Crippen LogP contribution in [-0.2, 0) is 6.42 Å². The van der Waals surface area contributed by atoms with E-state index >= 15 is 0 Å². The fourth-order valence-corrected chi connectivity index (χ4v) is 2.62. The zero-order valence-corrected chi connectivity index (χ0v) is 15.0. The van der Waals surface area contributed by atoms with Gasteiger partial charge >= 0.3 is 0 Å².